The summed E-state index contributed by atoms with van der Waals surface area (Å²) < 4.78 is 31.7. The van der Waals surface area contributed by atoms with E-state index in [-0.39, 0.29) is 11.4 Å². The van der Waals surface area contributed by atoms with Crippen LogP contribution in [-0.2, 0) is 14.8 Å². The van der Waals surface area contributed by atoms with Crippen molar-refractivity contribution in [2.24, 2.45) is 0 Å². The van der Waals surface area contributed by atoms with Gasteiger partial charge in [-0.2, -0.15) is 4.31 Å². The highest BCUT2D eigenvalue weighted by atomic mass is 32.2. The summed E-state index contributed by atoms with van der Waals surface area (Å²) in [5.41, 5.74) is 0.552. The van der Waals surface area contributed by atoms with Crippen LogP contribution in [0.5, 0.6) is 11.5 Å². The molecule has 7 heteroatoms. The van der Waals surface area contributed by atoms with Crippen molar-refractivity contribution in [2.75, 3.05) is 18.9 Å². The number of ether oxygens (including phenoxy) is 1. The summed E-state index contributed by atoms with van der Waals surface area (Å²) in [7, 11) is -2.34. The van der Waals surface area contributed by atoms with Crippen molar-refractivity contribution in [1.29, 1.82) is 0 Å². The highest BCUT2D eigenvalue weighted by Gasteiger charge is 2.22. The molecule has 0 saturated carbocycles. The first-order chi connectivity index (χ1) is 13.4. The first-order valence-corrected chi connectivity index (χ1v) is 10.0. The molecule has 0 radical (unpaired) electrons. The van der Waals surface area contributed by atoms with Crippen molar-refractivity contribution in [1.82, 2.24) is 4.31 Å². The molecular formula is C21H20N2O4S. The summed E-state index contributed by atoms with van der Waals surface area (Å²) in [6, 6.07) is 24.2. The van der Waals surface area contributed by atoms with Crippen LogP contribution >= 0.6 is 0 Å². The number of nitrogens with zero attached hydrogens (tertiary/aromatic N) is 1. The Hall–Kier alpha value is -3.16. The maximum Gasteiger partial charge on any atom is 0.243 e. The molecule has 1 N–H and O–H groups in total. The minimum atomic E-state index is -3.72. The second-order valence-electron chi connectivity index (χ2n) is 6.06. The zero-order chi connectivity index (χ0) is 20.0. The van der Waals surface area contributed by atoms with Gasteiger partial charge in [-0.3, -0.25) is 4.79 Å². The summed E-state index contributed by atoms with van der Waals surface area (Å²) in [5.74, 6) is 0.915. The average Bonchev–Trinajstić information content (AvgIpc) is 2.71. The number of likely N-dealkylation sites (N-methyl/N-ethyl adjacent to an activating group) is 1. The van der Waals surface area contributed by atoms with E-state index in [1.165, 1.54) is 19.2 Å². The minimum absolute atomic E-state index is 0.146. The highest BCUT2D eigenvalue weighted by Crippen LogP contribution is 2.22. The maximum atomic E-state index is 12.5. The third kappa shape index (κ3) is 4.97. The van der Waals surface area contributed by atoms with E-state index in [4.69, 9.17) is 4.74 Å². The summed E-state index contributed by atoms with van der Waals surface area (Å²) in [4.78, 5) is 12.4. The lowest BCUT2D eigenvalue weighted by Gasteiger charge is -2.17. The number of carbonyl (C=O) groups excluding carboxylic acids is 1. The molecule has 1 amide bonds. The number of rotatable bonds is 7. The van der Waals surface area contributed by atoms with Gasteiger partial charge < -0.3 is 10.1 Å². The lowest BCUT2D eigenvalue weighted by atomic mass is 10.3. The molecule has 144 valence electrons. The fourth-order valence-electron chi connectivity index (χ4n) is 2.49. The molecule has 3 rings (SSSR count). The smallest absolute Gasteiger partial charge is 0.243 e. The van der Waals surface area contributed by atoms with Crippen LogP contribution in [0.25, 0.3) is 0 Å². The Balaban J connectivity index is 1.59. The molecule has 0 heterocycles. The number of amides is 1. The number of nitrogens with one attached hydrogen (secondary N) is 1. The first kappa shape index (κ1) is 19.6. The van der Waals surface area contributed by atoms with Crippen LogP contribution in [0.1, 0.15) is 0 Å². The molecule has 28 heavy (non-hydrogen) atoms. The molecule has 0 saturated heterocycles. The van der Waals surface area contributed by atoms with E-state index >= 15 is 0 Å². The summed E-state index contributed by atoms with van der Waals surface area (Å²) in [6.45, 7) is -0.292. The van der Waals surface area contributed by atoms with Gasteiger partial charge >= 0.3 is 0 Å². The number of hydrogen-bond donors (Lipinski definition) is 1. The molecule has 0 aliphatic rings. The Bertz CT molecular complexity index is 1020. The molecule has 0 atom stereocenters. The van der Waals surface area contributed by atoms with E-state index in [0.717, 1.165) is 4.31 Å². The number of carbonyl (C=O) groups is 1. The molecule has 0 aliphatic carbocycles. The number of para-hydroxylation sites is 1. The van der Waals surface area contributed by atoms with Crippen LogP contribution in [-0.4, -0.2) is 32.2 Å². The van der Waals surface area contributed by atoms with Gasteiger partial charge in [0.15, 0.2) is 0 Å². The van der Waals surface area contributed by atoms with Gasteiger partial charge in [-0.25, -0.2) is 8.42 Å². The molecule has 0 bridgehead atoms. The Morgan fingerprint density at radius 3 is 2.00 bits per heavy atom. The molecule has 0 aromatic heterocycles. The summed E-state index contributed by atoms with van der Waals surface area (Å²) in [5, 5.41) is 2.69. The molecule has 6 nitrogen and oxygen atoms in total. The van der Waals surface area contributed by atoms with Gasteiger partial charge in [0.2, 0.25) is 15.9 Å². The van der Waals surface area contributed by atoms with Crippen LogP contribution in [0, 0.1) is 0 Å². The summed E-state index contributed by atoms with van der Waals surface area (Å²) >= 11 is 0. The number of sulfonamides is 1. The number of benzene rings is 3. The normalized spacial score (nSPS) is 11.2. The zero-order valence-corrected chi connectivity index (χ0v) is 16.1. The highest BCUT2D eigenvalue weighted by molar-refractivity contribution is 7.89. The van der Waals surface area contributed by atoms with Gasteiger partial charge in [0, 0.05) is 12.7 Å². The largest absolute Gasteiger partial charge is 0.457 e. The van der Waals surface area contributed by atoms with Crippen molar-refractivity contribution < 1.29 is 17.9 Å². The second-order valence-corrected chi connectivity index (χ2v) is 8.11. The van der Waals surface area contributed by atoms with Gasteiger partial charge in [0.05, 0.1) is 11.4 Å². The molecule has 3 aromatic carbocycles. The Kier molecular flexibility index (Phi) is 6.08. The van der Waals surface area contributed by atoms with Crippen LogP contribution in [0.15, 0.2) is 89.8 Å². The Labute approximate surface area is 164 Å². The predicted molar refractivity (Wildman–Crippen MR) is 108 cm³/mol. The quantitative estimate of drug-likeness (QED) is 0.660. The van der Waals surface area contributed by atoms with E-state index < -0.39 is 15.9 Å². The Morgan fingerprint density at radius 1 is 0.857 bits per heavy atom. The second kappa shape index (κ2) is 8.69. The average molecular weight is 396 g/mol. The van der Waals surface area contributed by atoms with E-state index in [1.807, 2.05) is 30.3 Å². The van der Waals surface area contributed by atoms with E-state index in [2.05, 4.69) is 5.32 Å². The molecule has 0 unspecified atom stereocenters. The van der Waals surface area contributed by atoms with Gasteiger partial charge in [-0.1, -0.05) is 36.4 Å². The third-order valence-electron chi connectivity index (χ3n) is 3.93. The summed E-state index contributed by atoms with van der Waals surface area (Å²) in [6.07, 6.45) is 0. The Morgan fingerprint density at radius 2 is 1.39 bits per heavy atom. The molecule has 3 aromatic rings. The third-order valence-corrected chi connectivity index (χ3v) is 5.75. The zero-order valence-electron chi connectivity index (χ0n) is 15.3. The van der Waals surface area contributed by atoms with E-state index in [0.29, 0.717) is 17.2 Å². The van der Waals surface area contributed by atoms with Crippen molar-refractivity contribution in [2.45, 2.75) is 4.90 Å². The SMILES string of the molecule is CN(CC(=O)Nc1ccc(Oc2ccccc2)cc1)S(=O)(=O)c1ccccc1. The number of anilines is 1. The standard InChI is InChI=1S/C21H20N2O4S/c1-23(28(25,26)20-10-6-3-7-11-20)16-21(24)22-17-12-14-19(15-13-17)27-18-8-4-2-5-9-18/h2-15H,16H2,1H3,(H,22,24). The van der Waals surface area contributed by atoms with Gasteiger partial charge in [-0.05, 0) is 48.5 Å². The van der Waals surface area contributed by atoms with E-state index in [9.17, 15) is 13.2 Å². The molecule has 0 aliphatic heterocycles. The van der Waals surface area contributed by atoms with Gasteiger partial charge in [0.1, 0.15) is 11.5 Å². The van der Waals surface area contributed by atoms with Crippen LogP contribution in [0.4, 0.5) is 5.69 Å². The predicted octanol–water partition coefficient (Wildman–Crippen LogP) is 3.74. The monoisotopic (exact) mass is 396 g/mol. The van der Waals surface area contributed by atoms with Crippen LogP contribution in [0.2, 0.25) is 0 Å². The van der Waals surface area contributed by atoms with Crippen molar-refractivity contribution in [3.63, 3.8) is 0 Å². The molecule has 0 spiro atoms. The van der Waals surface area contributed by atoms with Crippen LogP contribution in [0.3, 0.4) is 0 Å². The fraction of sp³-hybridized carbons (Fsp3) is 0.0952. The van der Waals surface area contributed by atoms with Crippen molar-refractivity contribution >= 4 is 21.6 Å². The topological polar surface area (TPSA) is 75.7 Å². The van der Waals surface area contributed by atoms with Gasteiger partial charge in [0.25, 0.3) is 0 Å². The maximum absolute atomic E-state index is 12.5. The lowest BCUT2D eigenvalue weighted by Crippen LogP contribution is -2.34. The molecular weight excluding hydrogens is 376 g/mol. The minimum Gasteiger partial charge on any atom is -0.457 e. The number of hydrogen-bond acceptors (Lipinski definition) is 4. The lowest BCUT2D eigenvalue weighted by molar-refractivity contribution is -0.116. The van der Waals surface area contributed by atoms with Crippen LogP contribution < -0.4 is 10.1 Å². The van der Waals surface area contributed by atoms with Crippen molar-refractivity contribution in [3.8, 4) is 11.5 Å². The first-order valence-electron chi connectivity index (χ1n) is 8.59. The van der Waals surface area contributed by atoms with Crippen molar-refractivity contribution in [3.05, 3.63) is 84.9 Å². The molecule has 0 fully saturated rings. The van der Waals surface area contributed by atoms with E-state index in [1.54, 1.807) is 42.5 Å². The van der Waals surface area contributed by atoms with Gasteiger partial charge in [-0.15, -0.1) is 0 Å². The fourth-order valence-corrected chi connectivity index (χ4v) is 3.64.